The summed E-state index contributed by atoms with van der Waals surface area (Å²) in [6, 6.07) is 9.36. The first-order chi connectivity index (χ1) is 11.8. The maximum atomic E-state index is 12.3. The average Bonchev–Trinajstić information content (AvgIpc) is 3.36. The Labute approximate surface area is 143 Å². The van der Waals surface area contributed by atoms with Crippen molar-refractivity contribution in [2.24, 2.45) is 0 Å². The lowest BCUT2D eigenvalue weighted by molar-refractivity contribution is 0.0630. The molecule has 1 saturated heterocycles. The third-order valence-corrected chi connectivity index (χ3v) is 4.96. The zero-order valence-electron chi connectivity index (χ0n) is 13.1. The molecular formula is C17H17N3O3S. The van der Waals surface area contributed by atoms with Gasteiger partial charge in [0.15, 0.2) is 5.76 Å². The van der Waals surface area contributed by atoms with Crippen molar-refractivity contribution in [3.8, 4) is 11.5 Å². The van der Waals surface area contributed by atoms with E-state index >= 15 is 0 Å². The number of piperazine rings is 1. The molecule has 0 atom stereocenters. The van der Waals surface area contributed by atoms with Crippen LogP contribution in [0.2, 0.25) is 0 Å². The van der Waals surface area contributed by atoms with Gasteiger partial charge >= 0.3 is 0 Å². The summed E-state index contributed by atoms with van der Waals surface area (Å²) in [5, 5.41) is 6.04. The molecule has 3 aromatic heterocycles. The Balaban J connectivity index is 1.33. The SMILES string of the molecule is O=C(c1cccs1)N1CCN(Cc2cc(-c3ccco3)on2)CC1. The number of amides is 1. The van der Waals surface area contributed by atoms with Crippen LogP contribution in [0.4, 0.5) is 0 Å². The number of carbonyl (C=O) groups is 1. The summed E-state index contributed by atoms with van der Waals surface area (Å²) >= 11 is 1.49. The van der Waals surface area contributed by atoms with E-state index in [-0.39, 0.29) is 5.91 Å². The first-order valence-corrected chi connectivity index (χ1v) is 8.72. The van der Waals surface area contributed by atoms with E-state index in [1.807, 2.05) is 40.6 Å². The van der Waals surface area contributed by atoms with Gasteiger partial charge in [-0.2, -0.15) is 0 Å². The first-order valence-electron chi connectivity index (χ1n) is 7.84. The summed E-state index contributed by atoms with van der Waals surface area (Å²) in [4.78, 5) is 17.3. The zero-order chi connectivity index (χ0) is 16.4. The van der Waals surface area contributed by atoms with Crippen LogP contribution >= 0.6 is 11.3 Å². The predicted octanol–water partition coefficient (Wildman–Crippen LogP) is 2.95. The summed E-state index contributed by atoms with van der Waals surface area (Å²) in [5.41, 5.74) is 0.874. The molecule has 3 aromatic rings. The van der Waals surface area contributed by atoms with Gasteiger partial charge < -0.3 is 13.8 Å². The number of furan rings is 1. The van der Waals surface area contributed by atoms with Crippen molar-refractivity contribution in [1.82, 2.24) is 15.0 Å². The number of thiophene rings is 1. The molecule has 4 heterocycles. The lowest BCUT2D eigenvalue weighted by Gasteiger charge is -2.34. The molecule has 1 aliphatic heterocycles. The van der Waals surface area contributed by atoms with E-state index in [0.29, 0.717) is 18.1 Å². The topological polar surface area (TPSA) is 62.7 Å². The summed E-state index contributed by atoms with van der Waals surface area (Å²) < 4.78 is 10.6. The Hall–Kier alpha value is -2.38. The fourth-order valence-corrected chi connectivity index (χ4v) is 3.51. The minimum atomic E-state index is 0.131. The number of aromatic nitrogens is 1. The molecule has 1 fully saturated rings. The molecular weight excluding hydrogens is 326 g/mol. The van der Waals surface area contributed by atoms with Gasteiger partial charge in [-0.3, -0.25) is 9.69 Å². The molecule has 124 valence electrons. The van der Waals surface area contributed by atoms with Gasteiger partial charge in [0.25, 0.3) is 5.91 Å². The molecule has 0 unspecified atom stereocenters. The van der Waals surface area contributed by atoms with Crippen molar-refractivity contribution in [2.45, 2.75) is 6.54 Å². The van der Waals surface area contributed by atoms with Crippen molar-refractivity contribution in [3.63, 3.8) is 0 Å². The van der Waals surface area contributed by atoms with Crippen LogP contribution in [0.25, 0.3) is 11.5 Å². The van der Waals surface area contributed by atoms with Crippen LogP contribution in [-0.2, 0) is 6.54 Å². The average molecular weight is 343 g/mol. The maximum absolute atomic E-state index is 12.3. The van der Waals surface area contributed by atoms with Crippen molar-refractivity contribution in [2.75, 3.05) is 26.2 Å². The van der Waals surface area contributed by atoms with Crippen LogP contribution < -0.4 is 0 Å². The van der Waals surface area contributed by atoms with Crippen LogP contribution in [-0.4, -0.2) is 47.0 Å². The zero-order valence-corrected chi connectivity index (χ0v) is 13.9. The Kier molecular flexibility index (Phi) is 4.18. The molecule has 0 spiro atoms. The molecule has 0 radical (unpaired) electrons. The van der Waals surface area contributed by atoms with Crippen LogP contribution in [0.15, 0.2) is 50.9 Å². The number of hydrogen-bond acceptors (Lipinski definition) is 6. The Morgan fingerprint density at radius 2 is 2.04 bits per heavy atom. The third-order valence-electron chi connectivity index (χ3n) is 4.10. The van der Waals surface area contributed by atoms with E-state index in [4.69, 9.17) is 8.94 Å². The van der Waals surface area contributed by atoms with Gasteiger partial charge in [-0.1, -0.05) is 11.2 Å². The van der Waals surface area contributed by atoms with Crippen LogP contribution in [0.5, 0.6) is 0 Å². The van der Waals surface area contributed by atoms with Crippen LogP contribution in [0.1, 0.15) is 15.4 Å². The fraction of sp³-hybridized carbons (Fsp3) is 0.294. The summed E-state index contributed by atoms with van der Waals surface area (Å²) in [7, 11) is 0. The monoisotopic (exact) mass is 343 g/mol. The molecule has 24 heavy (non-hydrogen) atoms. The molecule has 7 heteroatoms. The first kappa shape index (κ1) is 15.2. The molecule has 0 N–H and O–H groups in total. The van der Waals surface area contributed by atoms with E-state index in [0.717, 1.165) is 36.8 Å². The van der Waals surface area contributed by atoms with Gasteiger partial charge in [0, 0.05) is 38.8 Å². The van der Waals surface area contributed by atoms with Gasteiger partial charge in [-0.25, -0.2) is 0 Å². The molecule has 6 nitrogen and oxygen atoms in total. The normalized spacial score (nSPS) is 15.8. The van der Waals surface area contributed by atoms with Gasteiger partial charge in [0.05, 0.1) is 16.8 Å². The molecule has 1 aliphatic rings. The highest BCUT2D eigenvalue weighted by Crippen LogP contribution is 2.21. The maximum Gasteiger partial charge on any atom is 0.264 e. The summed E-state index contributed by atoms with van der Waals surface area (Å²) in [5.74, 6) is 1.45. The molecule has 0 saturated carbocycles. The highest BCUT2D eigenvalue weighted by molar-refractivity contribution is 7.12. The van der Waals surface area contributed by atoms with Crippen molar-refractivity contribution in [1.29, 1.82) is 0 Å². The smallest absolute Gasteiger partial charge is 0.264 e. The molecule has 0 aliphatic carbocycles. The largest absolute Gasteiger partial charge is 0.461 e. The van der Waals surface area contributed by atoms with Gasteiger partial charge in [0.2, 0.25) is 5.76 Å². The van der Waals surface area contributed by atoms with Crippen LogP contribution in [0.3, 0.4) is 0 Å². The standard InChI is InChI=1S/C17H17N3O3S/c21-17(16-4-2-10-24-16)20-7-5-19(6-8-20)12-13-11-15(23-18-13)14-3-1-9-22-14/h1-4,9-11H,5-8,12H2. The quantitative estimate of drug-likeness (QED) is 0.729. The van der Waals surface area contributed by atoms with Gasteiger partial charge in [0.1, 0.15) is 0 Å². The fourth-order valence-electron chi connectivity index (χ4n) is 2.82. The highest BCUT2D eigenvalue weighted by Gasteiger charge is 2.23. The molecule has 0 aromatic carbocycles. The van der Waals surface area contributed by atoms with E-state index < -0.39 is 0 Å². The summed E-state index contributed by atoms with van der Waals surface area (Å²) in [6.07, 6.45) is 1.61. The number of nitrogens with zero attached hydrogens (tertiary/aromatic N) is 3. The Bertz CT molecular complexity index is 787. The minimum absolute atomic E-state index is 0.131. The second kappa shape index (κ2) is 6.62. The van der Waals surface area contributed by atoms with E-state index in [9.17, 15) is 4.79 Å². The van der Waals surface area contributed by atoms with Crippen molar-refractivity contribution < 1.29 is 13.7 Å². The van der Waals surface area contributed by atoms with Crippen molar-refractivity contribution >= 4 is 17.2 Å². The molecule has 4 rings (SSSR count). The summed E-state index contributed by atoms with van der Waals surface area (Å²) in [6.45, 7) is 3.85. The lowest BCUT2D eigenvalue weighted by atomic mass is 10.2. The van der Waals surface area contributed by atoms with E-state index in [1.165, 1.54) is 11.3 Å². The van der Waals surface area contributed by atoms with Gasteiger partial charge in [-0.05, 0) is 23.6 Å². The van der Waals surface area contributed by atoms with Gasteiger partial charge in [-0.15, -0.1) is 11.3 Å². The van der Waals surface area contributed by atoms with E-state index in [2.05, 4.69) is 10.1 Å². The second-order valence-electron chi connectivity index (χ2n) is 5.71. The third kappa shape index (κ3) is 3.13. The number of carbonyl (C=O) groups excluding carboxylic acids is 1. The lowest BCUT2D eigenvalue weighted by Crippen LogP contribution is -2.48. The minimum Gasteiger partial charge on any atom is -0.461 e. The van der Waals surface area contributed by atoms with Crippen molar-refractivity contribution in [3.05, 3.63) is 52.5 Å². The molecule has 0 bridgehead atoms. The Morgan fingerprint density at radius 1 is 1.17 bits per heavy atom. The highest BCUT2D eigenvalue weighted by atomic mass is 32.1. The van der Waals surface area contributed by atoms with E-state index in [1.54, 1.807) is 6.26 Å². The number of rotatable bonds is 4. The van der Waals surface area contributed by atoms with Crippen LogP contribution in [0, 0.1) is 0 Å². The molecule has 1 amide bonds. The second-order valence-corrected chi connectivity index (χ2v) is 6.65. The Morgan fingerprint density at radius 3 is 2.75 bits per heavy atom. The number of hydrogen-bond donors (Lipinski definition) is 0. The predicted molar refractivity (Wildman–Crippen MR) is 89.7 cm³/mol.